The number of aryl methyl sites for hydroxylation is 1. The van der Waals surface area contributed by atoms with Gasteiger partial charge in [-0.05, 0) is 52.7 Å². The highest BCUT2D eigenvalue weighted by Crippen LogP contribution is 2.43. The maximum atomic E-state index is 13.8. The molecule has 0 fully saturated rings. The van der Waals surface area contributed by atoms with Crippen LogP contribution in [0.1, 0.15) is 27.2 Å². The third-order valence-electron chi connectivity index (χ3n) is 4.31. The first-order chi connectivity index (χ1) is 14.1. The fraction of sp³-hybridized carbons (Fsp3) is 0.143. The minimum absolute atomic E-state index is 0.0370. The number of nitrogens with zero attached hydrogens (tertiary/aromatic N) is 2. The molecule has 0 amide bonds. The van der Waals surface area contributed by atoms with Crippen molar-refractivity contribution in [3.63, 3.8) is 0 Å². The molecule has 154 valence electrons. The fourth-order valence-electron chi connectivity index (χ4n) is 2.90. The topological polar surface area (TPSA) is 55.0 Å². The van der Waals surface area contributed by atoms with E-state index >= 15 is 0 Å². The van der Waals surface area contributed by atoms with Crippen LogP contribution in [0.4, 0.5) is 13.2 Å². The number of benzene rings is 2. The number of aromatic nitrogens is 1. The lowest BCUT2D eigenvalue weighted by Crippen LogP contribution is -2.18. The molecule has 0 unspecified atom stereocenters. The van der Waals surface area contributed by atoms with Crippen LogP contribution in [0.15, 0.2) is 53.0 Å². The van der Waals surface area contributed by atoms with Crippen LogP contribution >= 0.6 is 27.5 Å². The van der Waals surface area contributed by atoms with Crippen LogP contribution in [0.2, 0.25) is 5.02 Å². The summed E-state index contributed by atoms with van der Waals surface area (Å²) < 4.78 is 46.9. The third kappa shape index (κ3) is 4.37. The second-order valence-electron chi connectivity index (χ2n) is 6.36. The van der Waals surface area contributed by atoms with Crippen LogP contribution in [0.25, 0.3) is 11.3 Å². The predicted octanol–water partition coefficient (Wildman–Crippen LogP) is 6.58. The predicted molar refractivity (Wildman–Crippen MR) is 109 cm³/mol. The van der Waals surface area contributed by atoms with E-state index in [1.54, 1.807) is 18.2 Å². The van der Waals surface area contributed by atoms with Gasteiger partial charge in [-0.2, -0.15) is 18.4 Å². The molecule has 0 atom stereocenters. The zero-order valence-electron chi connectivity index (χ0n) is 15.4. The molecule has 0 saturated carbocycles. The van der Waals surface area contributed by atoms with E-state index in [0.717, 1.165) is 10.1 Å². The maximum Gasteiger partial charge on any atom is 0.432 e. The van der Waals surface area contributed by atoms with Gasteiger partial charge in [-0.25, -0.2) is 4.79 Å². The quantitative estimate of drug-likeness (QED) is 0.382. The number of alkyl halides is 3. The van der Waals surface area contributed by atoms with Crippen LogP contribution < -0.4 is 0 Å². The van der Waals surface area contributed by atoms with E-state index in [4.69, 9.17) is 16.3 Å². The molecule has 9 heteroatoms. The molecule has 30 heavy (non-hydrogen) atoms. The summed E-state index contributed by atoms with van der Waals surface area (Å²) in [5, 5.41) is 9.89. The van der Waals surface area contributed by atoms with Gasteiger partial charge < -0.3 is 9.30 Å². The highest BCUT2D eigenvalue weighted by molar-refractivity contribution is 9.10. The molecule has 0 bridgehead atoms. The maximum absolute atomic E-state index is 13.8. The number of rotatable bonds is 4. The zero-order chi connectivity index (χ0) is 22.1. The van der Waals surface area contributed by atoms with Crippen molar-refractivity contribution in [1.29, 1.82) is 5.26 Å². The van der Waals surface area contributed by atoms with Gasteiger partial charge in [0.1, 0.15) is 11.8 Å². The Bertz CT molecular complexity index is 1130. The van der Waals surface area contributed by atoms with Gasteiger partial charge in [0.25, 0.3) is 0 Å². The summed E-state index contributed by atoms with van der Waals surface area (Å²) in [6.07, 6.45) is -4.80. The number of halogens is 5. The molecule has 0 radical (unpaired) electrons. The molecule has 3 rings (SSSR count). The van der Waals surface area contributed by atoms with Gasteiger partial charge in [-0.15, -0.1) is 0 Å². The smallest absolute Gasteiger partial charge is 0.432 e. The van der Waals surface area contributed by atoms with Crippen molar-refractivity contribution in [2.45, 2.75) is 19.8 Å². The Morgan fingerprint density at radius 1 is 1.17 bits per heavy atom. The van der Waals surface area contributed by atoms with Gasteiger partial charge in [0, 0.05) is 5.02 Å². The van der Waals surface area contributed by atoms with Crippen molar-refractivity contribution in [2.75, 3.05) is 0 Å². The molecule has 0 aliphatic heterocycles. The van der Waals surface area contributed by atoms with Gasteiger partial charge in [0.15, 0.2) is 6.73 Å². The van der Waals surface area contributed by atoms with Crippen molar-refractivity contribution in [3.8, 4) is 17.3 Å². The fourth-order valence-corrected chi connectivity index (χ4v) is 3.74. The third-order valence-corrected chi connectivity index (χ3v) is 5.34. The summed E-state index contributed by atoms with van der Waals surface area (Å²) in [5.41, 5.74) is 0.0539. The molecule has 0 N–H and O–H groups in total. The van der Waals surface area contributed by atoms with Crippen LogP contribution in [0, 0.1) is 18.3 Å². The summed E-state index contributed by atoms with van der Waals surface area (Å²) >= 11 is 8.76. The van der Waals surface area contributed by atoms with Crippen molar-refractivity contribution in [1.82, 2.24) is 4.57 Å². The van der Waals surface area contributed by atoms with E-state index in [-0.39, 0.29) is 16.8 Å². The molecule has 3 aromatic rings. The molecule has 1 heterocycles. The Morgan fingerprint density at radius 2 is 1.77 bits per heavy atom. The first-order valence-corrected chi connectivity index (χ1v) is 9.69. The number of esters is 1. The molecule has 0 spiro atoms. The molecule has 0 saturated heterocycles. The number of ether oxygens (including phenoxy) is 1. The number of hydrogen-bond donors (Lipinski definition) is 0. The molecular formula is C21H13BrClF3N2O2. The summed E-state index contributed by atoms with van der Waals surface area (Å²) in [7, 11) is 0. The molecule has 0 aliphatic carbocycles. The van der Waals surface area contributed by atoms with E-state index in [2.05, 4.69) is 15.9 Å². The normalized spacial score (nSPS) is 11.2. The SMILES string of the molecule is Cc1ccc(C(=O)OCn2c(-c3ccc(Cl)cc3)c(C#N)c(Br)c2C(F)(F)F)cc1. The van der Waals surface area contributed by atoms with Crippen molar-refractivity contribution in [2.24, 2.45) is 0 Å². The molecule has 1 aromatic heterocycles. The first kappa shape index (κ1) is 21.9. The van der Waals surface area contributed by atoms with Crippen LogP contribution in [0.5, 0.6) is 0 Å². The second-order valence-corrected chi connectivity index (χ2v) is 7.59. The average molecular weight is 498 g/mol. The number of hydrogen-bond acceptors (Lipinski definition) is 3. The Morgan fingerprint density at radius 3 is 2.30 bits per heavy atom. The minimum Gasteiger partial charge on any atom is -0.440 e. The number of carbonyl (C=O) groups is 1. The Hall–Kier alpha value is -2.76. The number of carbonyl (C=O) groups excluding carboxylic acids is 1. The highest BCUT2D eigenvalue weighted by atomic mass is 79.9. The Kier molecular flexibility index (Phi) is 6.25. The first-order valence-electron chi connectivity index (χ1n) is 8.52. The van der Waals surface area contributed by atoms with Crippen molar-refractivity contribution >= 4 is 33.5 Å². The van der Waals surface area contributed by atoms with Crippen molar-refractivity contribution in [3.05, 3.63) is 80.4 Å². The lowest BCUT2D eigenvalue weighted by atomic mass is 10.1. The largest absolute Gasteiger partial charge is 0.440 e. The Balaban J connectivity index is 2.09. The average Bonchev–Trinajstić information content (AvgIpc) is 2.98. The Labute approximate surface area is 183 Å². The van der Waals surface area contributed by atoms with E-state index < -0.39 is 29.0 Å². The lowest BCUT2D eigenvalue weighted by molar-refractivity contribution is -0.145. The van der Waals surface area contributed by atoms with E-state index in [1.165, 1.54) is 36.4 Å². The van der Waals surface area contributed by atoms with E-state index in [0.29, 0.717) is 10.6 Å². The van der Waals surface area contributed by atoms with Crippen molar-refractivity contribution < 1.29 is 22.7 Å². The van der Waals surface area contributed by atoms with Gasteiger partial charge in [-0.3, -0.25) is 0 Å². The van der Waals surface area contributed by atoms with Crippen LogP contribution in [0.3, 0.4) is 0 Å². The zero-order valence-corrected chi connectivity index (χ0v) is 17.8. The van der Waals surface area contributed by atoms with Gasteiger partial charge in [0.05, 0.1) is 21.3 Å². The standard InChI is InChI=1S/C21H13BrClF3N2O2/c1-12-2-4-14(5-3-12)20(29)30-11-28-18(13-6-8-15(23)9-7-13)16(10-27)17(22)19(28)21(24,25)26/h2-9H,11H2,1H3. The van der Waals surface area contributed by atoms with Gasteiger partial charge in [-0.1, -0.05) is 41.4 Å². The molecule has 0 aliphatic rings. The lowest BCUT2D eigenvalue weighted by Gasteiger charge is -2.16. The van der Waals surface area contributed by atoms with Gasteiger partial charge in [0.2, 0.25) is 0 Å². The van der Waals surface area contributed by atoms with Crippen LogP contribution in [-0.4, -0.2) is 10.5 Å². The monoisotopic (exact) mass is 496 g/mol. The minimum atomic E-state index is -4.80. The van der Waals surface area contributed by atoms with E-state index in [9.17, 15) is 23.2 Å². The summed E-state index contributed by atoms with van der Waals surface area (Å²) in [4.78, 5) is 12.3. The summed E-state index contributed by atoms with van der Waals surface area (Å²) in [5.74, 6) is -0.784. The van der Waals surface area contributed by atoms with Gasteiger partial charge >= 0.3 is 12.1 Å². The molecule has 4 nitrogen and oxygen atoms in total. The number of nitriles is 1. The van der Waals surface area contributed by atoms with Crippen LogP contribution in [-0.2, 0) is 17.6 Å². The molecular weight excluding hydrogens is 485 g/mol. The second kappa shape index (κ2) is 8.54. The molecule has 2 aromatic carbocycles. The summed E-state index contributed by atoms with van der Waals surface area (Å²) in [6, 6.07) is 14.2. The highest BCUT2D eigenvalue weighted by Gasteiger charge is 2.41. The summed E-state index contributed by atoms with van der Waals surface area (Å²) in [6.45, 7) is 1.10. The van der Waals surface area contributed by atoms with E-state index in [1.807, 2.05) is 6.92 Å².